The number of rotatable bonds is 6. The first-order valence-electron chi connectivity index (χ1n) is 6.51. The number of ketones is 1. The van der Waals surface area contributed by atoms with Gasteiger partial charge in [0, 0.05) is 12.0 Å². The zero-order chi connectivity index (χ0) is 13.7. The van der Waals surface area contributed by atoms with Gasteiger partial charge in [-0.15, -0.1) is 0 Å². The fourth-order valence-corrected chi connectivity index (χ4v) is 2.04. The number of carbonyl (C=O) groups excluding carboxylic acids is 1. The van der Waals surface area contributed by atoms with Crippen LogP contribution in [0.3, 0.4) is 0 Å². The molecule has 0 aliphatic carbocycles. The summed E-state index contributed by atoms with van der Waals surface area (Å²) in [6.45, 7) is 5.52. The first kappa shape index (κ1) is 14.8. The van der Waals surface area contributed by atoms with Crippen molar-refractivity contribution in [2.45, 2.75) is 46.5 Å². The summed E-state index contributed by atoms with van der Waals surface area (Å²) in [7, 11) is 0. The summed E-state index contributed by atoms with van der Waals surface area (Å²) >= 11 is 0. The molecule has 100 valence electrons. The molecule has 0 aliphatic heterocycles. The fraction of sp³-hybridized carbons (Fsp3) is 0.533. The average molecular weight is 254 g/mol. The van der Waals surface area contributed by atoms with Gasteiger partial charge in [0.05, 0.1) is 5.56 Å². The van der Waals surface area contributed by atoms with E-state index >= 15 is 0 Å². The molecule has 0 bridgehead atoms. The van der Waals surface area contributed by atoms with Crippen LogP contribution < -0.4 is 0 Å². The second kappa shape index (κ2) is 6.62. The summed E-state index contributed by atoms with van der Waals surface area (Å²) in [5, 5.41) is 0. The van der Waals surface area contributed by atoms with E-state index in [1.54, 1.807) is 6.92 Å². The molecule has 1 unspecified atom stereocenters. The number of hydrogen-bond acceptors (Lipinski definition) is 1. The van der Waals surface area contributed by atoms with Gasteiger partial charge in [0.2, 0.25) is 0 Å². The number of Topliss-reactive ketones (excluding diaryl/α,β-unsaturated/α-hetero) is 1. The van der Waals surface area contributed by atoms with Crippen molar-refractivity contribution in [3.05, 3.63) is 34.9 Å². The Morgan fingerprint density at radius 1 is 1.22 bits per heavy atom. The summed E-state index contributed by atoms with van der Waals surface area (Å²) in [5.41, 5.74) is 0.335. The zero-order valence-electron chi connectivity index (χ0n) is 11.2. The molecule has 0 fully saturated rings. The molecule has 18 heavy (non-hydrogen) atoms. The van der Waals surface area contributed by atoms with Crippen LogP contribution in [0.1, 0.15) is 55.5 Å². The van der Waals surface area contributed by atoms with Crippen LogP contribution in [0.15, 0.2) is 12.1 Å². The van der Waals surface area contributed by atoms with Gasteiger partial charge in [0.15, 0.2) is 5.78 Å². The van der Waals surface area contributed by atoms with Gasteiger partial charge in [-0.05, 0) is 31.4 Å². The van der Waals surface area contributed by atoms with Gasteiger partial charge >= 0.3 is 0 Å². The van der Waals surface area contributed by atoms with E-state index in [0.717, 1.165) is 25.3 Å². The van der Waals surface area contributed by atoms with E-state index < -0.39 is 11.6 Å². The Kier molecular flexibility index (Phi) is 5.45. The maximum Gasteiger partial charge on any atom is 0.168 e. The first-order valence-corrected chi connectivity index (χ1v) is 6.51. The van der Waals surface area contributed by atoms with Crippen LogP contribution in [0.2, 0.25) is 0 Å². The fourth-order valence-electron chi connectivity index (χ4n) is 2.04. The van der Waals surface area contributed by atoms with Crippen LogP contribution in [0.25, 0.3) is 0 Å². The number of carbonyl (C=O) groups is 1. The topological polar surface area (TPSA) is 17.1 Å². The third kappa shape index (κ3) is 3.37. The van der Waals surface area contributed by atoms with Crippen molar-refractivity contribution in [1.82, 2.24) is 0 Å². The minimum absolute atomic E-state index is 0.0249. The molecule has 1 aromatic rings. The van der Waals surface area contributed by atoms with Crippen LogP contribution >= 0.6 is 0 Å². The van der Waals surface area contributed by atoms with Crippen LogP contribution in [-0.2, 0) is 0 Å². The van der Waals surface area contributed by atoms with Crippen molar-refractivity contribution >= 4 is 5.78 Å². The lowest BCUT2D eigenvalue weighted by molar-refractivity contribution is 0.0904. The Hall–Kier alpha value is -1.25. The number of aryl methyl sites for hydroxylation is 1. The maximum atomic E-state index is 13.6. The van der Waals surface area contributed by atoms with Crippen molar-refractivity contribution < 1.29 is 13.6 Å². The van der Waals surface area contributed by atoms with Crippen molar-refractivity contribution in [1.29, 1.82) is 0 Å². The number of unbranched alkanes of at least 4 members (excludes halogenated alkanes) is 1. The number of benzene rings is 1. The Morgan fingerprint density at radius 3 is 2.44 bits per heavy atom. The summed E-state index contributed by atoms with van der Waals surface area (Å²) in [5.74, 6) is -1.72. The van der Waals surface area contributed by atoms with E-state index in [2.05, 4.69) is 6.92 Å². The van der Waals surface area contributed by atoms with E-state index in [9.17, 15) is 13.6 Å². The lowest BCUT2D eigenvalue weighted by atomic mass is 9.90. The van der Waals surface area contributed by atoms with E-state index in [0.29, 0.717) is 12.0 Å². The lowest BCUT2D eigenvalue weighted by Crippen LogP contribution is -2.16. The second-order valence-electron chi connectivity index (χ2n) is 4.69. The minimum atomic E-state index is -0.752. The summed E-state index contributed by atoms with van der Waals surface area (Å²) in [6.07, 6.45) is 3.41. The highest BCUT2D eigenvalue weighted by molar-refractivity contribution is 5.98. The van der Waals surface area contributed by atoms with Crippen molar-refractivity contribution in [3.63, 3.8) is 0 Å². The highest BCUT2D eigenvalue weighted by atomic mass is 19.1. The molecule has 1 atom stereocenters. The van der Waals surface area contributed by atoms with Gasteiger partial charge in [-0.25, -0.2) is 8.78 Å². The molecular formula is C15H20F2O. The van der Waals surface area contributed by atoms with E-state index in [-0.39, 0.29) is 17.3 Å². The van der Waals surface area contributed by atoms with Crippen LogP contribution in [0, 0.1) is 24.5 Å². The predicted molar refractivity (Wildman–Crippen MR) is 68.7 cm³/mol. The highest BCUT2D eigenvalue weighted by Gasteiger charge is 2.21. The molecule has 0 radical (unpaired) electrons. The quantitative estimate of drug-likeness (QED) is 0.674. The summed E-state index contributed by atoms with van der Waals surface area (Å²) in [4.78, 5) is 12.2. The average Bonchev–Trinajstić information content (AvgIpc) is 2.34. The number of hydrogen-bond donors (Lipinski definition) is 0. The second-order valence-corrected chi connectivity index (χ2v) is 4.69. The van der Waals surface area contributed by atoms with E-state index in [4.69, 9.17) is 0 Å². The molecule has 0 spiro atoms. The van der Waals surface area contributed by atoms with Gasteiger partial charge in [-0.2, -0.15) is 0 Å². The smallest absolute Gasteiger partial charge is 0.168 e. The van der Waals surface area contributed by atoms with Crippen molar-refractivity contribution in [2.75, 3.05) is 0 Å². The van der Waals surface area contributed by atoms with Crippen LogP contribution in [0.5, 0.6) is 0 Å². The first-order chi connectivity index (χ1) is 8.51. The normalized spacial score (nSPS) is 12.5. The van der Waals surface area contributed by atoms with E-state index in [1.807, 2.05) is 6.92 Å². The Balaban J connectivity index is 2.98. The highest BCUT2D eigenvalue weighted by Crippen LogP contribution is 2.22. The van der Waals surface area contributed by atoms with Gasteiger partial charge < -0.3 is 0 Å². The molecule has 1 nitrogen and oxygen atoms in total. The molecule has 0 saturated heterocycles. The SMILES string of the molecule is CCCCC(CC)C(=O)c1cc(C)c(F)cc1F. The van der Waals surface area contributed by atoms with Crippen molar-refractivity contribution in [3.8, 4) is 0 Å². The Morgan fingerprint density at radius 2 is 1.89 bits per heavy atom. The van der Waals surface area contributed by atoms with E-state index in [1.165, 1.54) is 6.07 Å². The molecule has 0 N–H and O–H groups in total. The third-order valence-corrected chi connectivity index (χ3v) is 3.28. The molecule has 0 saturated carbocycles. The Bertz CT molecular complexity index is 427. The van der Waals surface area contributed by atoms with Crippen LogP contribution in [0.4, 0.5) is 8.78 Å². The molecule has 1 rings (SSSR count). The summed E-state index contributed by atoms with van der Waals surface area (Å²) in [6, 6.07) is 2.12. The molecular weight excluding hydrogens is 234 g/mol. The molecule has 0 heterocycles. The minimum Gasteiger partial charge on any atom is -0.294 e. The van der Waals surface area contributed by atoms with Gasteiger partial charge in [0.25, 0.3) is 0 Å². The summed E-state index contributed by atoms with van der Waals surface area (Å²) < 4.78 is 26.8. The standard InChI is InChI=1S/C15H20F2O/c1-4-6-7-11(5-2)15(18)12-8-10(3)13(16)9-14(12)17/h8-9,11H,4-7H2,1-3H3. The van der Waals surface area contributed by atoms with Gasteiger partial charge in [-0.3, -0.25) is 4.79 Å². The number of halogens is 2. The lowest BCUT2D eigenvalue weighted by Gasteiger charge is -2.14. The largest absolute Gasteiger partial charge is 0.294 e. The monoisotopic (exact) mass is 254 g/mol. The molecule has 0 aliphatic rings. The molecule has 0 amide bonds. The molecule has 3 heteroatoms. The Labute approximate surface area is 107 Å². The zero-order valence-corrected chi connectivity index (χ0v) is 11.2. The molecule has 0 aromatic heterocycles. The predicted octanol–water partition coefficient (Wildman–Crippen LogP) is 4.67. The van der Waals surface area contributed by atoms with Crippen LogP contribution in [-0.4, -0.2) is 5.78 Å². The molecule has 1 aromatic carbocycles. The third-order valence-electron chi connectivity index (χ3n) is 3.28. The maximum absolute atomic E-state index is 13.6. The van der Waals surface area contributed by atoms with Gasteiger partial charge in [0.1, 0.15) is 11.6 Å². The van der Waals surface area contributed by atoms with Crippen molar-refractivity contribution in [2.24, 2.45) is 5.92 Å². The van der Waals surface area contributed by atoms with Gasteiger partial charge in [-0.1, -0.05) is 26.7 Å².